The van der Waals surface area contributed by atoms with Gasteiger partial charge in [0.05, 0.1) is 6.20 Å². The van der Waals surface area contributed by atoms with E-state index in [1.807, 2.05) is 0 Å². The van der Waals surface area contributed by atoms with Crippen LogP contribution >= 0.6 is 0 Å². The molecule has 2 aromatic rings. The lowest BCUT2D eigenvalue weighted by molar-refractivity contribution is 0.514. The lowest BCUT2D eigenvalue weighted by Gasteiger charge is -2.06. The maximum absolute atomic E-state index is 5.67. The Balaban J connectivity index is 2.36. The summed E-state index contributed by atoms with van der Waals surface area (Å²) in [4.78, 5) is 11.4. The van der Waals surface area contributed by atoms with Crippen LogP contribution in [0.5, 0.6) is 0 Å². The Labute approximate surface area is 85.3 Å². The Morgan fingerprint density at radius 1 is 1.13 bits per heavy atom. The largest absolute Gasteiger partial charge is 0.448 e. The number of anilines is 3. The van der Waals surface area contributed by atoms with Crippen LogP contribution in [0.4, 0.5) is 17.6 Å². The van der Waals surface area contributed by atoms with Crippen LogP contribution in [0.3, 0.4) is 0 Å². The van der Waals surface area contributed by atoms with Crippen molar-refractivity contribution in [1.29, 1.82) is 0 Å². The van der Waals surface area contributed by atoms with Crippen molar-refractivity contribution in [3.8, 4) is 0 Å². The molecule has 15 heavy (non-hydrogen) atoms. The zero-order chi connectivity index (χ0) is 10.8. The zero-order valence-corrected chi connectivity index (χ0v) is 7.84. The zero-order valence-electron chi connectivity index (χ0n) is 7.84. The summed E-state index contributed by atoms with van der Waals surface area (Å²) in [7, 11) is 0. The van der Waals surface area contributed by atoms with Crippen LogP contribution in [-0.4, -0.2) is 15.0 Å². The monoisotopic (exact) mass is 206 g/mol. The van der Waals surface area contributed by atoms with Crippen LogP contribution in [0.1, 0.15) is 11.3 Å². The lowest BCUT2D eigenvalue weighted by Crippen LogP contribution is -2.08. The van der Waals surface area contributed by atoms with Crippen molar-refractivity contribution in [3.63, 3.8) is 0 Å². The molecule has 2 rings (SSSR count). The fraction of sp³-hybridized carbons (Fsp3) is 0.125. The first kappa shape index (κ1) is 9.25. The summed E-state index contributed by atoms with van der Waals surface area (Å²) >= 11 is 0. The second kappa shape index (κ2) is 3.45. The quantitative estimate of drug-likeness (QED) is 0.620. The molecule has 0 unspecified atom stereocenters. The lowest BCUT2D eigenvalue weighted by atomic mass is 10.2. The van der Waals surface area contributed by atoms with Crippen LogP contribution < -0.4 is 17.2 Å². The van der Waals surface area contributed by atoms with Crippen molar-refractivity contribution < 1.29 is 4.42 Å². The average molecular weight is 206 g/mol. The molecule has 7 nitrogen and oxygen atoms in total. The first-order valence-corrected chi connectivity index (χ1v) is 4.21. The molecular weight excluding hydrogens is 196 g/mol. The topological polar surface area (TPSA) is 130 Å². The van der Waals surface area contributed by atoms with Crippen molar-refractivity contribution in [1.82, 2.24) is 15.0 Å². The molecule has 2 heterocycles. The van der Waals surface area contributed by atoms with Crippen LogP contribution in [0, 0.1) is 0 Å². The molecule has 0 bridgehead atoms. The van der Waals surface area contributed by atoms with E-state index in [1.54, 1.807) is 6.20 Å². The van der Waals surface area contributed by atoms with Crippen molar-refractivity contribution in [2.45, 2.75) is 6.42 Å². The molecule has 0 spiro atoms. The van der Waals surface area contributed by atoms with Crippen LogP contribution in [0.2, 0.25) is 0 Å². The molecule has 2 aromatic heterocycles. The first-order valence-electron chi connectivity index (χ1n) is 4.21. The summed E-state index contributed by atoms with van der Waals surface area (Å²) in [5, 5.41) is 0. The molecule has 6 N–H and O–H groups in total. The highest BCUT2D eigenvalue weighted by Crippen LogP contribution is 2.20. The average Bonchev–Trinajstić information content (AvgIpc) is 2.63. The summed E-state index contributed by atoms with van der Waals surface area (Å²) in [6.07, 6.45) is 3.31. The Bertz CT molecular complexity index is 443. The number of rotatable bonds is 2. The highest BCUT2D eigenvalue weighted by Gasteiger charge is 2.11. The molecule has 0 aromatic carbocycles. The third-order valence-electron chi connectivity index (χ3n) is 1.92. The van der Waals surface area contributed by atoms with Crippen LogP contribution in [0.25, 0.3) is 0 Å². The van der Waals surface area contributed by atoms with Gasteiger partial charge in [-0.2, -0.15) is 9.97 Å². The minimum absolute atomic E-state index is 0.0614. The van der Waals surface area contributed by atoms with E-state index in [9.17, 15) is 0 Å². The van der Waals surface area contributed by atoms with E-state index in [4.69, 9.17) is 21.6 Å². The number of nitrogens with zero attached hydrogens (tertiary/aromatic N) is 3. The summed E-state index contributed by atoms with van der Waals surface area (Å²) in [6.45, 7) is 0. The van der Waals surface area contributed by atoms with Gasteiger partial charge in [0.15, 0.2) is 6.39 Å². The van der Waals surface area contributed by atoms with E-state index in [0.29, 0.717) is 17.7 Å². The number of aromatic nitrogens is 3. The Morgan fingerprint density at radius 3 is 2.33 bits per heavy atom. The van der Waals surface area contributed by atoms with E-state index in [1.165, 1.54) is 6.39 Å². The summed E-state index contributed by atoms with van der Waals surface area (Å²) in [5.74, 6) is 1.22. The second-order valence-electron chi connectivity index (χ2n) is 2.98. The third-order valence-corrected chi connectivity index (χ3v) is 1.92. The molecule has 0 amide bonds. The van der Waals surface area contributed by atoms with E-state index in [-0.39, 0.29) is 17.6 Å². The van der Waals surface area contributed by atoms with E-state index in [2.05, 4.69) is 15.0 Å². The molecule has 7 heteroatoms. The van der Waals surface area contributed by atoms with Gasteiger partial charge in [-0.1, -0.05) is 0 Å². The fourth-order valence-corrected chi connectivity index (χ4v) is 1.22. The van der Waals surface area contributed by atoms with Crippen LogP contribution in [-0.2, 0) is 6.42 Å². The number of hydrogen-bond acceptors (Lipinski definition) is 7. The van der Waals surface area contributed by atoms with Crippen LogP contribution in [0.15, 0.2) is 17.0 Å². The van der Waals surface area contributed by atoms with E-state index >= 15 is 0 Å². The molecule has 0 aliphatic rings. The second-order valence-corrected chi connectivity index (χ2v) is 2.98. The predicted octanol–water partition coefficient (Wildman–Crippen LogP) is -0.198. The molecule has 0 saturated carbocycles. The van der Waals surface area contributed by atoms with Crippen molar-refractivity contribution in [2.24, 2.45) is 0 Å². The number of nitrogens with two attached hydrogens (primary N) is 3. The van der Waals surface area contributed by atoms with Gasteiger partial charge in [0.2, 0.25) is 5.95 Å². The Hall–Kier alpha value is -2.31. The summed E-state index contributed by atoms with van der Waals surface area (Å²) < 4.78 is 5.07. The third kappa shape index (κ3) is 1.80. The number of hydrogen-bond donors (Lipinski definition) is 3. The molecule has 0 radical (unpaired) electrons. The molecule has 78 valence electrons. The molecule has 0 atom stereocenters. The SMILES string of the molecule is Nc1nc(N)c(Cc2cnco2)c(N)n1. The highest BCUT2D eigenvalue weighted by atomic mass is 16.3. The van der Waals surface area contributed by atoms with Gasteiger partial charge in [0, 0.05) is 12.0 Å². The van der Waals surface area contributed by atoms with Gasteiger partial charge in [0.25, 0.3) is 0 Å². The summed E-state index contributed by atoms with van der Waals surface area (Å²) in [5.41, 5.74) is 17.3. The standard InChI is InChI=1S/C8H10N6O/c9-6-5(1-4-2-12-3-15-4)7(10)14-8(11)13-6/h2-3H,1H2,(H6,9,10,11,13,14). The van der Waals surface area contributed by atoms with Gasteiger partial charge < -0.3 is 21.6 Å². The van der Waals surface area contributed by atoms with E-state index < -0.39 is 0 Å². The van der Waals surface area contributed by atoms with Gasteiger partial charge in [-0.3, -0.25) is 0 Å². The van der Waals surface area contributed by atoms with Crippen molar-refractivity contribution in [3.05, 3.63) is 23.9 Å². The molecular formula is C8H10N6O. The van der Waals surface area contributed by atoms with Gasteiger partial charge in [-0.25, -0.2) is 4.98 Å². The van der Waals surface area contributed by atoms with E-state index in [0.717, 1.165) is 0 Å². The fourth-order valence-electron chi connectivity index (χ4n) is 1.22. The minimum atomic E-state index is 0.0614. The normalized spacial score (nSPS) is 10.4. The van der Waals surface area contributed by atoms with Crippen molar-refractivity contribution >= 4 is 17.6 Å². The maximum atomic E-state index is 5.67. The predicted molar refractivity (Wildman–Crippen MR) is 54.6 cm³/mol. The molecule has 0 aliphatic carbocycles. The molecule has 0 aliphatic heterocycles. The maximum Gasteiger partial charge on any atom is 0.223 e. The van der Waals surface area contributed by atoms with Gasteiger partial charge in [0.1, 0.15) is 17.4 Å². The Morgan fingerprint density at radius 2 is 1.80 bits per heavy atom. The molecule has 0 saturated heterocycles. The highest BCUT2D eigenvalue weighted by molar-refractivity contribution is 5.56. The van der Waals surface area contributed by atoms with Gasteiger partial charge >= 0.3 is 0 Å². The van der Waals surface area contributed by atoms with Crippen molar-refractivity contribution in [2.75, 3.05) is 17.2 Å². The van der Waals surface area contributed by atoms with Gasteiger partial charge in [-0.15, -0.1) is 0 Å². The number of oxazole rings is 1. The smallest absolute Gasteiger partial charge is 0.223 e. The minimum Gasteiger partial charge on any atom is -0.448 e. The Kier molecular flexibility index (Phi) is 2.13. The van der Waals surface area contributed by atoms with Gasteiger partial charge in [-0.05, 0) is 0 Å². The first-order chi connectivity index (χ1) is 7.16. The number of nitrogen functional groups attached to an aromatic ring is 3. The summed E-state index contributed by atoms with van der Waals surface area (Å²) in [6, 6.07) is 0. The molecule has 0 fully saturated rings.